The molecule has 1 heterocycles. The summed E-state index contributed by atoms with van der Waals surface area (Å²) in [6, 6.07) is 17.5. The summed E-state index contributed by atoms with van der Waals surface area (Å²) in [4.78, 5) is 38.2. The molecule has 2 amide bonds. The van der Waals surface area contributed by atoms with Crippen LogP contribution in [0.3, 0.4) is 0 Å². The van der Waals surface area contributed by atoms with Crippen molar-refractivity contribution in [2.24, 2.45) is 0 Å². The predicted octanol–water partition coefficient (Wildman–Crippen LogP) is 4.29. The molecule has 0 aliphatic carbocycles. The topological polar surface area (TPSA) is 128 Å². The molecule has 1 atom stereocenters. The van der Waals surface area contributed by atoms with Gasteiger partial charge in [0.2, 0.25) is 11.8 Å². The molecule has 3 aromatic carbocycles. The standard InChI is InChI=1S/C29H26FIN6O4/c1-2-41-29(40)22-9-11-24(23(30)16-22)34-28(39)25(15-19-6-4-3-5-7-19)33-27(38)13-10-21-14-20(17-31)8-12-26(21)37-18-32-35-36-37/h3-14,16,18,25H,2,15,17H2,1H3,(H,33,38)(H,34,39)/b13-10+/t25-/m0/s1. The molecular weight excluding hydrogens is 642 g/mol. The van der Waals surface area contributed by atoms with Gasteiger partial charge in [-0.25, -0.2) is 9.18 Å². The number of carbonyl (C=O) groups is 3. The quantitative estimate of drug-likeness (QED) is 0.106. The number of tetrazole rings is 1. The van der Waals surface area contributed by atoms with Crippen LogP contribution in [0.4, 0.5) is 10.1 Å². The van der Waals surface area contributed by atoms with Gasteiger partial charge in [-0.3, -0.25) is 9.59 Å². The van der Waals surface area contributed by atoms with Gasteiger partial charge < -0.3 is 15.4 Å². The largest absolute Gasteiger partial charge is 0.462 e. The van der Waals surface area contributed by atoms with Crippen molar-refractivity contribution in [2.45, 2.75) is 23.8 Å². The number of nitrogens with one attached hydrogen (secondary N) is 2. The Labute approximate surface area is 249 Å². The zero-order chi connectivity index (χ0) is 29.2. The molecular formula is C29H26FIN6O4. The molecule has 210 valence electrons. The third-order valence-corrected chi connectivity index (χ3v) is 6.79. The summed E-state index contributed by atoms with van der Waals surface area (Å²) in [5.74, 6) is -2.63. The fourth-order valence-corrected chi connectivity index (χ4v) is 4.40. The number of esters is 1. The number of nitrogens with zero attached hydrogens (tertiary/aromatic N) is 4. The van der Waals surface area contributed by atoms with E-state index in [-0.39, 0.29) is 24.3 Å². The van der Waals surface area contributed by atoms with Crippen LogP contribution in [0.15, 0.2) is 79.1 Å². The molecule has 1 aromatic heterocycles. The monoisotopic (exact) mass is 668 g/mol. The second-order valence-electron chi connectivity index (χ2n) is 8.77. The summed E-state index contributed by atoms with van der Waals surface area (Å²) in [5, 5.41) is 16.5. The highest BCUT2D eigenvalue weighted by molar-refractivity contribution is 14.1. The Bertz CT molecular complexity index is 1550. The second kappa shape index (κ2) is 14.3. The number of anilines is 1. The van der Waals surface area contributed by atoms with Gasteiger partial charge in [-0.1, -0.05) is 59.0 Å². The number of hydrogen-bond donors (Lipinski definition) is 2. The minimum Gasteiger partial charge on any atom is -0.462 e. The molecule has 41 heavy (non-hydrogen) atoms. The van der Waals surface area contributed by atoms with Crippen molar-refractivity contribution >= 4 is 52.1 Å². The lowest BCUT2D eigenvalue weighted by Gasteiger charge is -2.18. The van der Waals surface area contributed by atoms with Crippen LogP contribution >= 0.6 is 22.6 Å². The summed E-state index contributed by atoms with van der Waals surface area (Å²) in [5.41, 5.74) is 3.11. The predicted molar refractivity (Wildman–Crippen MR) is 159 cm³/mol. The van der Waals surface area contributed by atoms with E-state index in [0.29, 0.717) is 11.3 Å². The minimum absolute atomic E-state index is 0.0225. The van der Waals surface area contributed by atoms with Crippen molar-refractivity contribution in [3.05, 3.63) is 107 Å². The lowest BCUT2D eigenvalue weighted by Crippen LogP contribution is -2.44. The number of halogens is 2. The number of alkyl halides is 1. The zero-order valence-electron chi connectivity index (χ0n) is 22.0. The van der Waals surface area contributed by atoms with Crippen LogP contribution in [0, 0.1) is 5.82 Å². The highest BCUT2D eigenvalue weighted by Crippen LogP contribution is 2.20. The Morgan fingerprint density at radius 1 is 1.07 bits per heavy atom. The van der Waals surface area contributed by atoms with Gasteiger partial charge in [0.05, 0.1) is 23.5 Å². The molecule has 2 N–H and O–H groups in total. The van der Waals surface area contributed by atoms with Gasteiger partial charge in [-0.15, -0.1) is 5.10 Å². The van der Waals surface area contributed by atoms with E-state index in [9.17, 15) is 18.8 Å². The average molecular weight is 668 g/mol. The van der Waals surface area contributed by atoms with Crippen molar-refractivity contribution in [2.75, 3.05) is 11.9 Å². The van der Waals surface area contributed by atoms with Gasteiger partial charge in [-0.2, -0.15) is 4.68 Å². The Balaban J connectivity index is 1.53. The number of ether oxygens (including phenoxy) is 1. The number of rotatable bonds is 11. The fourth-order valence-electron chi connectivity index (χ4n) is 3.92. The number of carbonyl (C=O) groups excluding carboxylic acids is 3. The molecule has 0 spiro atoms. The van der Waals surface area contributed by atoms with E-state index >= 15 is 0 Å². The maximum atomic E-state index is 14.8. The molecule has 0 unspecified atom stereocenters. The molecule has 0 radical (unpaired) electrons. The number of aromatic nitrogens is 4. The average Bonchev–Trinajstić information content (AvgIpc) is 3.52. The highest BCUT2D eigenvalue weighted by atomic mass is 127. The van der Waals surface area contributed by atoms with Crippen LogP contribution in [-0.4, -0.2) is 50.6 Å². The van der Waals surface area contributed by atoms with E-state index in [1.165, 1.54) is 29.2 Å². The summed E-state index contributed by atoms with van der Waals surface area (Å²) < 4.78 is 21.9. The van der Waals surface area contributed by atoms with E-state index in [1.54, 1.807) is 13.0 Å². The van der Waals surface area contributed by atoms with Gasteiger partial charge in [0.15, 0.2) is 0 Å². The minimum atomic E-state index is -1.03. The first-order valence-corrected chi connectivity index (χ1v) is 14.1. The van der Waals surface area contributed by atoms with Gasteiger partial charge in [0, 0.05) is 22.5 Å². The maximum absolute atomic E-state index is 14.8. The Kier molecular flexibility index (Phi) is 10.3. The van der Waals surface area contributed by atoms with E-state index < -0.39 is 29.6 Å². The molecule has 4 aromatic rings. The smallest absolute Gasteiger partial charge is 0.338 e. The molecule has 0 fully saturated rings. The molecule has 0 aliphatic heterocycles. The first kappa shape index (κ1) is 29.5. The van der Waals surface area contributed by atoms with Crippen molar-refractivity contribution in [3.63, 3.8) is 0 Å². The number of hydrogen-bond acceptors (Lipinski definition) is 7. The van der Waals surface area contributed by atoms with Gasteiger partial charge in [0.25, 0.3) is 0 Å². The van der Waals surface area contributed by atoms with Crippen molar-refractivity contribution < 1.29 is 23.5 Å². The summed E-state index contributed by atoms with van der Waals surface area (Å²) in [6.07, 6.45) is 4.55. The number of benzene rings is 3. The normalized spacial score (nSPS) is 11.7. The molecule has 0 bridgehead atoms. The molecule has 4 rings (SSSR count). The lowest BCUT2D eigenvalue weighted by molar-refractivity contribution is -0.123. The highest BCUT2D eigenvalue weighted by Gasteiger charge is 2.22. The summed E-state index contributed by atoms with van der Waals surface area (Å²) in [6.45, 7) is 1.80. The van der Waals surface area contributed by atoms with Crippen molar-refractivity contribution in [1.29, 1.82) is 0 Å². The Hall–Kier alpha value is -4.46. The van der Waals surface area contributed by atoms with Gasteiger partial charge in [-0.05, 0) is 64.9 Å². The second-order valence-corrected chi connectivity index (χ2v) is 9.53. The van der Waals surface area contributed by atoms with E-state index in [1.807, 2.05) is 48.5 Å². The first-order chi connectivity index (χ1) is 19.9. The number of amides is 2. The van der Waals surface area contributed by atoms with Crippen molar-refractivity contribution in [1.82, 2.24) is 25.5 Å². The lowest BCUT2D eigenvalue weighted by atomic mass is 10.0. The molecule has 12 heteroatoms. The molecule has 0 saturated heterocycles. The van der Waals surface area contributed by atoms with Crippen molar-refractivity contribution in [3.8, 4) is 5.69 Å². The van der Waals surface area contributed by atoms with Crippen LogP contribution in [0.1, 0.15) is 34.0 Å². The fraction of sp³-hybridized carbons (Fsp3) is 0.172. The molecule has 0 saturated carbocycles. The van der Waals surface area contributed by atoms with Gasteiger partial charge in [0.1, 0.15) is 18.2 Å². The molecule has 0 aliphatic rings. The molecule has 10 nitrogen and oxygen atoms in total. The zero-order valence-corrected chi connectivity index (χ0v) is 24.1. The van der Waals surface area contributed by atoms with E-state index in [2.05, 4.69) is 48.7 Å². The van der Waals surface area contributed by atoms with Crippen LogP contribution < -0.4 is 10.6 Å². The summed E-state index contributed by atoms with van der Waals surface area (Å²) >= 11 is 2.25. The van der Waals surface area contributed by atoms with E-state index in [0.717, 1.165) is 21.6 Å². The third-order valence-electron chi connectivity index (χ3n) is 5.91. The summed E-state index contributed by atoms with van der Waals surface area (Å²) in [7, 11) is 0. The SMILES string of the molecule is CCOC(=O)c1ccc(NC(=O)[C@H](Cc2ccccc2)NC(=O)/C=C/c2cc(CI)ccc2-n2cnnn2)c(F)c1. The van der Waals surface area contributed by atoms with Crippen LogP contribution in [-0.2, 0) is 25.2 Å². The first-order valence-electron chi connectivity index (χ1n) is 12.6. The Morgan fingerprint density at radius 2 is 1.88 bits per heavy atom. The van der Waals surface area contributed by atoms with Gasteiger partial charge >= 0.3 is 5.97 Å². The Morgan fingerprint density at radius 3 is 2.56 bits per heavy atom. The van der Waals surface area contributed by atoms with Crippen LogP contribution in [0.25, 0.3) is 11.8 Å². The third kappa shape index (κ3) is 8.03. The van der Waals surface area contributed by atoms with E-state index in [4.69, 9.17) is 4.74 Å². The maximum Gasteiger partial charge on any atom is 0.338 e. The van der Waals surface area contributed by atoms with Crippen LogP contribution in [0.2, 0.25) is 0 Å². The van der Waals surface area contributed by atoms with Crippen LogP contribution in [0.5, 0.6) is 0 Å².